The van der Waals surface area contributed by atoms with Gasteiger partial charge in [0, 0.05) is 0 Å². The van der Waals surface area contributed by atoms with Gasteiger partial charge in [0.1, 0.15) is 6.42 Å². The number of alkyl halides is 7. The third kappa shape index (κ3) is 11.5. The molecule has 1 unspecified atom stereocenters. The predicted octanol–water partition coefficient (Wildman–Crippen LogP) is 2.52. The van der Waals surface area contributed by atoms with Gasteiger partial charge >= 0.3 is 24.3 Å². The van der Waals surface area contributed by atoms with Crippen LogP contribution in [0.3, 0.4) is 0 Å². The van der Waals surface area contributed by atoms with Crippen molar-refractivity contribution in [1.29, 1.82) is 0 Å². The highest BCUT2D eigenvalue weighted by Gasteiger charge is 2.45. The van der Waals surface area contributed by atoms with Gasteiger partial charge in [-0.1, -0.05) is 15.9 Å². The lowest BCUT2D eigenvalue weighted by Crippen LogP contribution is -2.36. The lowest BCUT2D eigenvalue weighted by Gasteiger charge is -2.09. The molecule has 6 nitrogen and oxygen atoms in total. The Labute approximate surface area is 145 Å². The smallest absolute Gasteiger partial charge is 0.451 e. The van der Waals surface area contributed by atoms with Crippen LogP contribution in [0.1, 0.15) is 20.3 Å². The van der Waals surface area contributed by atoms with Crippen LogP contribution in [0, 0.1) is 0 Å². The van der Waals surface area contributed by atoms with Crippen molar-refractivity contribution >= 4 is 39.4 Å². The Morgan fingerprint density at radius 1 is 0.880 bits per heavy atom. The maximum atomic E-state index is 11.7. The quantitative estimate of drug-likeness (QED) is 0.269. The molecule has 0 bridgehead atoms. The van der Waals surface area contributed by atoms with Crippen LogP contribution in [0.25, 0.3) is 0 Å². The second kappa shape index (κ2) is 11.1. The molecule has 0 heterocycles. The molecule has 0 aliphatic carbocycles. The van der Waals surface area contributed by atoms with Gasteiger partial charge in [0.25, 0.3) is 5.78 Å². The van der Waals surface area contributed by atoms with Crippen LogP contribution in [0.15, 0.2) is 0 Å². The van der Waals surface area contributed by atoms with E-state index in [-0.39, 0.29) is 13.2 Å². The van der Waals surface area contributed by atoms with E-state index in [1.165, 1.54) is 13.8 Å². The van der Waals surface area contributed by atoms with E-state index in [0.717, 1.165) is 0 Å². The van der Waals surface area contributed by atoms with E-state index in [2.05, 4.69) is 25.4 Å². The lowest BCUT2D eigenvalue weighted by atomic mass is 10.3. The van der Waals surface area contributed by atoms with Crippen LogP contribution >= 0.6 is 15.9 Å². The number of rotatable bonds is 6. The van der Waals surface area contributed by atoms with Gasteiger partial charge in [-0.15, -0.1) is 0 Å². The first-order valence-electron chi connectivity index (χ1n) is 6.35. The van der Waals surface area contributed by atoms with E-state index in [0.29, 0.717) is 0 Å². The van der Waals surface area contributed by atoms with Crippen molar-refractivity contribution in [3.63, 3.8) is 0 Å². The third-order valence-corrected chi connectivity index (χ3v) is 2.72. The number of ether oxygens (including phenoxy) is 2. The molecule has 25 heavy (non-hydrogen) atoms. The molecule has 0 aromatic rings. The molecule has 0 spiro atoms. The van der Waals surface area contributed by atoms with E-state index in [4.69, 9.17) is 0 Å². The monoisotopic (exact) mass is 446 g/mol. The standard InChI is InChI=1S/C6H6BrF3O3.C6H7F3O3/c1-2-13-5(12)3(7)4(11)6(8,9)10;1-2-12-5(11)3-4(10)6(7,8)9/h3H,2H2,1H3;2-3H2,1H3. The number of hydrogen-bond donors (Lipinski definition) is 0. The summed E-state index contributed by atoms with van der Waals surface area (Å²) >= 11 is 2.30. The SMILES string of the molecule is CCOC(=O)C(Br)C(=O)C(F)(F)F.CCOC(=O)CC(=O)C(F)(F)F. The highest BCUT2D eigenvalue weighted by atomic mass is 79.9. The fourth-order valence-corrected chi connectivity index (χ4v) is 1.30. The Bertz CT molecular complexity index is 487. The van der Waals surface area contributed by atoms with Crippen molar-refractivity contribution in [2.45, 2.75) is 37.4 Å². The van der Waals surface area contributed by atoms with Crippen LogP contribution in [-0.4, -0.2) is 53.9 Å². The molecule has 0 aliphatic rings. The molecule has 146 valence electrons. The maximum Gasteiger partial charge on any atom is 0.451 e. The molecule has 0 aliphatic heterocycles. The zero-order chi connectivity index (χ0) is 20.4. The number of carbonyl (C=O) groups excluding carboxylic acids is 4. The topological polar surface area (TPSA) is 86.7 Å². The van der Waals surface area contributed by atoms with Crippen LogP contribution in [-0.2, 0) is 28.7 Å². The molecule has 0 radical (unpaired) electrons. The fourth-order valence-electron chi connectivity index (χ4n) is 0.909. The average molecular weight is 447 g/mol. The van der Waals surface area contributed by atoms with Crippen molar-refractivity contribution in [3.05, 3.63) is 0 Å². The molecule has 0 saturated heterocycles. The molecule has 0 aromatic heterocycles. The molecule has 0 saturated carbocycles. The summed E-state index contributed by atoms with van der Waals surface area (Å²) in [7, 11) is 0. The Balaban J connectivity index is 0. The summed E-state index contributed by atoms with van der Waals surface area (Å²) in [6.07, 6.45) is -11.2. The minimum Gasteiger partial charge on any atom is -0.466 e. The Morgan fingerprint density at radius 2 is 1.32 bits per heavy atom. The minimum atomic E-state index is -5.03. The van der Waals surface area contributed by atoms with Gasteiger partial charge in [-0.2, -0.15) is 26.3 Å². The normalized spacial score (nSPS) is 12.4. The molecule has 0 aromatic carbocycles. The molecule has 1 atom stereocenters. The number of halogens is 7. The van der Waals surface area contributed by atoms with Crippen LogP contribution in [0.4, 0.5) is 26.3 Å². The largest absolute Gasteiger partial charge is 0.466 e. The molecule has 0 rings (SSSR count). The van der Waals surface area contributed by atoms with Gasteiger partial charge in [-0.05, 0) is 13.8 Å². The van der Waals surface area contributed by atoms with Crippen LogP contribution < -0.4 is 0 Å². The summed E-state index contributed by atoms with van der Waals surface area (Å²) < 4.78 is 78.0. The first-order valence-corrected chi connectivity index (χ1v) is 7.27. The first-order chi connectivity index (χ1) is 11.2. The van der Waals surface area contributed by atoms with Gasteiger partial charge < -0.3 is 9.47 Å². The second-order valence-electron chi connectivity index (χ2n) is 3.88. The van der Waals surface area contributed by atoms with Gasteiger partial charge in [0.05, 0.1) is 13.2 Å². The highest BCUT2D eigenvalue weighted by molar-refractivity contribution is 9.10. The van der Waals surface area contributed by atoms with Crippen molar-refractivity contribution in [2.24, 2.45) is 0 Å². The van der Waals surface area contributed by atoms with Crippen molar-refractivity contribution in [2.75, 3.05) is 13.2 Å². The lowest BCUT2D eigenvalue weighted by molar-refractivity contribution is -0.174. The Hall–Kier alpha value is -1.66. The summed E-state index contributed by atoms with van der Waals surface area (Å²) in [5.41, 5.74) is 0. The Kier molecular flexibility index (Phi) is 11.3. The summed E-state index contributed by atoms with van der Waals surface area (Å²) in [4.78, 5) is 39.6. The molecular formula is C12H13BrF6O6. The highest BCUT2D eigenvalue weighted by Crippen LogP contribution is 2.22. The average Bonchev–Trinajstić information content (AvgIpc) is 2.44. The number of ketones is 2. The molecule has 0 amide bonds. The van der Waals surface area contributed by atoms with Gasteiger partial charge in [-0.3, -0.25) is 19.2 Å². The zero-order valence-corrected chi connectivity index (χ0v) is 14.4. The van der Waals surface area contributed by atoms with Crippen LogP contribution in [0.2, 0.25) is 0 Å². The van der Waals surface area contributed by atoms with E-state index in [9.17, 15) is 45.5 Å². The number of hydrogen-bond acceptors (Lipinski definition) is 6. The fraction of sp³-hybridized carbons (Fsp3) is 0.667. The summed E-state index contributed by atoms with van der Waals surface area (Å²) in [5.74, 6) is -6.63. The molecule has 0 N–H and O–H groups in total. The van der Waals surface area contributed by atoms with Gasteiger partial charge in [0.2, 0.25) is 5.78 Å². The summed E-state index contributed by atoms with van der Waals surface area (Å²) in [6.45, 7) is 2.75. The third-order valence-electron chi connectivity index (χ3n) is 1.93. The zero-order valence-electron chi connectivity index (χ0n) is 12.8. The van der Waals surface area contributed by atoms with Crippen molar-refractivity contribution < 1.29 is 55.0 Å². The van der Waals surface area contributed by atoms with Crippen molar-refractivity contribution in [3.8, 4) is 0 Å². The van der Waals surface area contributed by atoms with E-state index < -0.39 is 47.1 Å². The molecule has 0 fully saturated rings. The van der Waals surface area contributed by atoms with Crippen LogP contribution in [0.5, 0.6) is 0 Å². The molecule has 13 heteroatoms. The minimum absolute atomic E-state index is 0.0377. The van der Waals surface area contributed by atoms with Crippen molar-refractivity contribution in [1.82, 2.24) is 0 Å². The predicted molar refractivity (Wildman–Crippen MR) is 72.7 cm³/mol. The molecular weight excluding hydrogens is 434 g/mol. The summed E-state index contributed by atoms with van der Waals surface area (Å²) in [5, 5.41) is 0. The van der Waals surface area contributed by atoms with E-state index in [1.54, 1.807) is 0 Å². The Morgan fingerprint density at radius 3 is 1.64 bits per heavy atom. The second-order valence-corrected chi connectivity index (χ2v) is 4.80. The van der Waals surface area contributed by atoms with Gasteiger partial charge in [-0.25, -0.2) is 0 Å². The number of carbonyl (C=O) groups is 4. The van der Waals surface area contributed by atoms with E-state index in [1.807, 2.05) is 0 Å². The maximum absolute atomic E-state index is 11.7. The van der Waals surface area contributed by atoms with E-state index >= 15 is 0 Å². The summed E-state index contributed by atoms with van der Waals surface area (Å²) in [6, 6.07) is 0. The first kappa shape index (κ1) is 25.6. The number of esters is 2. The number of Topliss-reactive ketones (excluding diaryl/α,β-unsaturated/α-hetero) is 2. The van der Waals surface area contributed by atoms with Gasteiger partial charge in [0.15, 0.2) is 4.83 Å².